The number of methoxy groups -OCH3 is 1. The molecule has 0 aliphatic rings. The Morgan fingerprint density at radius 1 is 1.03 bits per heavy atom. The van der Waals surface area contributed by atoms with Gasteiger partial charge in [-0.2, -0.15) is 0 Å². The number of rotatable bonds is 8. The van der Waals surface area contributed by atoms with E-state index in [1.165, 1.54) is 23.2 Å². The summed E-state index contributed by atoms with van der Waals surface area (Å²) in [6.07, 6.45) is 3.32. The van der Waals surface area contributed by atoms with Gasteiger partial charge in [-0.3, -0.25) is 18.7 Å². The van der Waals surface area contributed by atoms with Gasteiger partial charge in [-0.05, 0) is 41.0 Å². The zero-order valence-corrected chi connectivity index (χ0v) is 21.7. The fourth-order valence-corrected chi connectivity index (χ4v) is 4.59. The molecule has 0 saturated carbocycles. The maximum atomic E-state index is 13.8. The van der Waals surface area contributed by atoms with E-state index in [1.807, 2.05) is 48.5 Å². The van der Waals surface area contributed by atoms with Crippen LogP contribution in [-0.4, -0.2) is 38.1 Å². The predicted molar refractivity (Wildman–Crippen MR) is 145 cm³/mol. The number of carbonyl (C=O) groups excluding carboxylic acids is 2. The first-order valence-corrected chi connectivity index (χ1v) is 12.2. The van der Waals surface area contributed by atoms with Gasteiger partial charge >= 0.3 is 11.7 Å². The van der Waals surface area contributed by atoms with Crippen LogP contribution in [0.1, 0.15) is 24.1 Å². The van der Waals surface area contributed by atoms with Crippen LogP contribution in [0.4, 0.5) is 0 Å². The number of imidazole rings is 2. The van der Waals surface area contributed by atoms with Crippen LogP contribution in [0.2, 0.25) is 0 Å². The second-order valence-electron chi connectivity index (χ2n) is 8.99. The molecule has 1 unspecified atom stereocenters. The van der Waals surface area contributed by atoms with Crippen molar-refractivity contribution in [2.75, 3.05) is 7.11 Å². The smallest absolute Gasteiger partial charge is 0.329 e. The third kappa shape index (κ3) is 5.04. The SMILES string of the molecule is COc1cc(CNC(=O)C(c2ccc(-c3cnc[nH]3)cc2)n2c(=O)n(C)c3ccccc32)ccc1OC(C)=O. The molecule has 1 amide bonds. The number of fused-ring (bicyclic) bond motifs is 1. The van der Waals surface area contributed by atoms with Crippen molar-refractivity contribution in [3.63, 3.8) is 0 Å². The molecule has 0 aliphatic carbocycles. The molecule has 0 fully saturated rings. The highest BCUT2D eigenvalue weighted by Gasteiger charge is 2.27. The van der Waals surface area contributed by atoms with Crippen molar-refractivity contribution in [3.8, 4) is 22.8 Å². The van der Waals surface area contributed by atoms with E-state index >= 15 is 0 Å². The van der Waals surface area contributed by atoms with E-state index in [-0.39, 0.29) is 23.9 Å². The van der Waals surface area contributed by atoms with E-state index in [9.17, 15) is 14.4 Å². The molecule has 5 aromatic rings. The van der Waals surface area contributed by atoms with E-state index in [0.717, 1.165) is 22.3 Å². The number of para-hydroxylation sites is 2. The lowest BCUT2D eigenvalue weighted by atomic mass is 10.0. The van der Waals surface area contributed by atoms with E-state index in [1.54, 1.807) is 37.8 Å². The summed E-state index contributed by atoms with van der Waals surface area (Å²) < 4.78 is 13.6. The molecule has 0 bridgehead atoms. The van der Waals surface area contributed by atoms with Crippen LogP contribution in [0.15, 0.2) is 84.0 Å². The van der Waals surface area contributed by atoms with Crippen molar-refractivity contribution in [3.05, 3.63) is 101 Å². The second kappa shape index (κ2) is 10.7. The molecule has 10 heteroatoms. The van der Waals surface area contributed by atoms with Crippen molar-refractivity contribution in [1.82, 2.24) is 24.4 Å². The first-order valence-electron chi connectivity index (χ1n) is 12.2. The molecule has 1 atom stereocenters. The van der Waals surface area contributed by atoms with Crippen molar-refractivity contribution in [1.29, 1.82) is 0 Å². The molecule has 0 spiro atoms. The zero-order valence-electron chi connectivity index (χ0n) is 21.7. The molecule has 3 aromatic carbocycles. The van der Waals surface area contributed by atoms with Gasteiger partial charge in [-0.15, -0.1) is 0 Å². The van der Waals surface area contributed by atoms with Crippen LogP contribution < -0.4 is 20.5 Å². The van der Waals surface area contributed by atoms with Crippen LogP contribution in [0.25, 0.3) is 22.3 Å². The van der Waals surface area contributed by atoms with Gasteiger partial charge < -0.3 is 19.8 Å². The highest BCUT2D eigenvalue weighted by atomic mass is 16.6. The fourth-order valence-electron chi connectivity index (χ4n) is 4.59. The monoisotopic (exact) mass is 525 g/mol. The molecule has 0 radical (unpaired) electrons. The maximum absolute atomic E-state index is 13.8. The van der Waals surface area contributed by atoms with Crippen molar-refractivity contribution < 1.29 is 19.1 Å². The van der Waals surface area contributed by atoms with Gasteiger partial charge in [-0.1, -0.05) is 42.5 Å². The third-order valence-electron chi connectivity index (χ3n) is 6.49. The fraction of sp³-hybridized carbons (Fsp3) is 0.172. The number of H-pyrrole nitrogens is 1. The highest BCUT2D eigenvalue weighted by molar-refractivity contribution is 5.87. The number of nitrogens with zero attached hydrogens (tertiary/aromatic N) is 3. The first kappa shape index (κ1) is 25.5. The first-order chi connectivity index (χ1) is 18.9. The van der Waals surface area contributed by atoms with Crippen LogP contribution in [0.3, 0.4) is 0 Å². The van der Waals surface area contributed by atoms with Gasteiger partial charge in [0.05, 0.1) is 36.4 Å². The normalized spacial score (nSPS) is 11.8. The summed E-state index contributed by atoms with van der Waals surface area (Å²) in [6, 6.07) is 18.9. The number of ether oxygens (including phenoxy) is 2. The van der Waals surface area contributed by atoms with Gasteiger partial charge in [0.15, 0.2) is 11.5 Å². The quantitative estimate of drug-likeness (QED) is 0.236. The Morgan fingerprint density at radius 2 is 1.77 bits per heavy atom. The number of nitrogens with one attached hydrogen (secondary N) is 2. The molecule has 10 nitrogen and oxygen atoms in total. The Labute approximate surface area is 223 Å². The molecular formula is C29H27N5O5. The van der Waals surface area contributed by atoms with Gasteiger partial charge in [-0.25, -0.2) is 9.78 Å². The number of hydrogen-bond donors (Lipinski definition) is 2. The van der Waals surface area contributed by atoms with Crippen LogP contribution in [-0.2, 0) is 23.2 Å². The minimum atomic E-state index is -0.929. The Balaban J connectivity index is 1.50. The van der Waals surface area contributed by atoms with Crippen LogP contribution in [0, 0.1) is 0 Å². The number of aromatic nitrogens is 4. The largest absolute Gasteiger partial charge is 0.493 e. The minimum Gasteiger partial charge on any atom is -0.493 e. The summed E-state index contributed by atoms with van der Waals surface area (Å²) >= 11 is 0. The minimum absolute atomic E-state index is 0.164. The summed E-state index contributed by atoms with van der Waals surface area (Å²) in [6.45, 7) is 1.47. The lowest BCUT2D eigenvalue weighted by molar-refractivity contribution is -0.132. The Kier molecular flexibility index (Phi) is 7.00. The van der Waals surface area contributed by atoms with Crippen LogP contribution in [0.5, 0.6) is 11.5 Å². The molecule has 2 aromatic heterocycles. The van der Waals surface area contributed by atoms with Gasteiger partial charge in [0, 0.05) is 20.5 Å². The van der Waals surface area contributed by atoms with E-state index < -0.39 is 12.0 Å². The lowest BCUT2D eigenvalue weighted by Gasteiger charge is -2.20. The molecule has 0 saturated heterocycles. The molecule has 2 heterocycles. The third-order valence-corrected chi connectivity index (χ3v) is 6.49. The Bertz CT molecular complexity index is 1700. The van der Waals surface area contributed by atoms with Gasteiger partial charge in [0.25, 0.3) is 0 Å². The van der Waals surface area contributed by atoms with E-state index in [2.05, 4.69) is 15.3 Å². The van der Waals surface area contributed by atoms with E-state index in [4.69, 9.17) is 9.47 Å². The number of carbonyl (C=O) groups is 2. The topological polar surface area (TPSA) is 120 Å². The summed E-state index contributed by atoms with van der Waals surface area (Å²) in [4.78, 5) is 45.7. The second-order valence-corrected chi connectivity index (χ2v) is 8.99. The number of aryl methyl sites for hydroxylation is 1. The van der Waals surface area contributed by atoms with Gasteiger partial charge in [0.1, 0.15) is 6.04 Å². The summed E-state index contributed by atoms with van der Waals surface area (Å²) in [5.41, 5.74) is 4.19. The summed E-state index contributed by atoms with van der Waals surface area (Å²) in [5, 5.41) is 2.96. The standard InChI is InChI=1S/C29H27N5O5/c1-18(35)39-25-13-8-19(14-26(25)38-3)15-31-28(36)27(21-11-9-20(10-12-21)22-16-30-17-32-22)34-24-7-5-4-6-23(24)33(2)29(34)37/h4-14,16-17,27H,15H2,1-3H3,(H,30,32)(H,31,36). The lowest BCUT2D eigenvalue weighted by Crippen LogP contribution is -2.37. The average molecular weight is 526 g/mol. The Hall–Kier alpha value is -5.12. The van der Waals surface area contributed by atoms with Crippen molar-refractivity contribution in [2.45, 2.75) is 19.5 Å². The summed E-state index contributed by atoms with van der Waals surface area (Å²) in [7, 11) is 3.16. The predicted octanol–water partition coefficient (Wildman–Crippen LogP) is 3.57. The molecule has 198 valence electrons. The summed E-state index contributed by atoms with van der Waals surface area (Å²) in [5.74, 6) is -0.159. The molecule has 0 aliphatic heterocycles. The van der Waals surface area contributed by atoms with Crippen LogP contribution >= 0.6 is 0 Å². The van der Waals surface area contributed by atoms with Gasteiger partial charge in [0.2, 0.25) is 5.91 Å². The highest BCUT2D eigenvalue weighted by Crippen LogP contribution is 2.29. The maximum Gasteiger partial charge on any atom is 0.329 e. The molecular weight excluding hydrogens is 498 g/mol. The zero-order chi connectivity index (χ0) is 27.5. The number of benzene rings is 3. The number of aromatic amines is 1. The number of amides is 1. The number of hydrogen-bond acceptors (Lipinski definition) is 6. The Morgan fingerprint density at radius 3 is 2.44 bits per heavy atom. The van der Waals surface area contributed by atoms with Crippen molar-refractivity contribution in [2.24, 2.45) is 7.05 Å². The van der Waals surface area contributed by atoms with E-state index in [0.29, 0.717) is 16.8 Å². The van der Waals surface area contributed by atoms with Crippen molar-refractivity contribution >= 4 is 22.9 Å². The molecule has 2 N–H and O–H groups in total. The molecule has 39 heavy (non-hydrogen) atoms. The number of esters is 1. The average Bonchev–Trinajstić information content (AvgIpc) is 3.57. The molecule has 5 rings (SSSR count).